The van der Waals surface area contributed by atoms with E-state index >= 15 is 0 Å². The first-order chi connectivity index (χ1) is 9.54. The first-order valence-electron chi connectivity index (χ1n) is 7.19. The van der Waals surface area contributed by atoms with Gasteiger partial charge in [0.1, 0.15) is 0 Å². The van der Waals surface area contributed by atoms with Gasteiger partial charge in [0.25, 0.3) is 10.0 Å². The standard InChI is InChI=1S/C15H20N2O2S/c1-11-2-8-14(9-3-11)20(18,19)17-16-15-10-12-4-6-13(15)7-5-12/h2-3,8-9,12-13,17H,4-7,10H2,1H3/b16-15+. The zero-order valence-corrected chi connectivity index (χ0v) is 12.5. The second kappa shape index (κ2) is 5.20. The van der Waals surface area contributed by atoms with Gasteiger partial charge in [0.05, 0.1) is 4.90 Å². The summed E-state index contributed by atoms with van der Waals surface area (Å²) in [7, 11) is -3.53. The molecule has 4 nitrogen and oxygen atoms in total. The Morgan fingerprint density at radius 3 is 2.30 bits per heavy atom. The first kappa shape index (κ1) is 13.6. The van der Waals surface area contributed by atoms with Gasteiger partial charge in [-0.3, -0.25) is 0 Å². The van der Waals surface area contributed by atoms with Gasteiger partial charge >= 0.3 is 0 Å². The molecule has 0 amide bonds. The summed E-state index contributed by atoms with van der Waals surface area (Å²) in [5.41, 5.74) is 2.09. The molecule has 1 N–H and O–H groups in total. The van der Waals surface area contributed by atoms with Crippen molar-refractivity contribution in [2.75, 3.05) is 0 Å². The van der Waals surface area contributed by atoms with Gasteiger partial charge in [-0.1, -0.05) is 17.7 Å². The van der Waals surface area contributed by atoms with Crippen molar-refractivity contribution in [3.63, 3.8) is 0 Å². The van der Waals surface area contributed by atoms with E-state index in [0.717, 1.165) is 30.5 Å². The molecule has 0 heterocycles. The van der Waals surface area contributed by atoms with Crippen LogP contribution in [-0.2, 0) is 10.0 Å². The molecule has 3 aliphatic rings. The Labute approximate surface area is 120 Å². The average molecular weight is 292 g/mol. The topological polar surface area (TPSA) is 58.5 Å². The lowest BCUT2D eigenvalue weighted by atomic mass is 9.70. The molecule has 108 valence electrons. The van der Waals surface area contributed by atoms with Gasteiger partial charge in [0, 0.05) is 5.71 Å². The molecule has 0 aliphatic heterocycles. The molecule has 1 aromatic carbocycles. The van der Waals surface area contributed by atoms with Crippen LogP contribution in [-0.4, -0.2) is 14.1 Å². The van der Waals surface area contributed by atoms with E-state index in [2.05, 4.69) is 9.93 Å². The lowest BCUT2D eigenvalue weighted by Gasteiger charge is -2.36. The summed E-state index contributed by atoms with van der Waals surface area (Å²) in [6.07, 6.45) is 5.83. The highest BCUT2D eigenvalue weighted by atomic mass is 32.2. The number of hydrogen-bond acceptors (Lipinski definition) is 3. The third-order valence-corrected chi connectivity index (χ3v) is 5.68. The summed E-state index contributed by atoms with van der Waals surface area (Å²) in [6, 6.07) is 6.82. The van der Waals surface area contributed by atoms with E-state index in [1.807, 2.05) is 6.92 Å². The van der Waals surface area contributed by atoms with Crippen molar-refractivity contribution in [3.8, 4) is 0 Å². The highest BCUT2D eigenvalue weighted by Gasteiger charge is 2.32. The predicted octanol–water partition coefficient (Wildman–Crippen LogP) is 2.84. The zero-order chi connectivity index (χ0) is 14.2. The maximum absolute atomic E-state index is 12.2. The van der Waals surface area contributed by atoms with Crippen molar-refractivity contribution < 1.29 is 8.42 Å². The molecule has 3 saturated carbocycles. The Hall–Kier alpha value is -1.36. The molecule has 0 saturated heterocycles. The second-order valence-electron chi connectivity index (χ2n) is 5.93. The van der Waals surface area contributed by atoms with Gasteiger partial charge in [-0.05, 0) is 63.0 Å². The molecule has 5 heteroatoms. The van der Waals surface area contributed by atoms with E-state index in [1.54, 1.807) is 24.3 Å². The Balaban J connectivity index is 1.75. The maximum Gasteiger partial charge on any atom is 0.276 e. The molecule has 0 atom stereocenters. The Kier molecular flexibility index (Phi) is 3.54. The van der Waals surface area contributed by atoms with Gasteiger partial charge in [-0.25, -0.2) is 4.83 Å². The number of hydrogen-bond donors (Lipinski definition) is 1. The molecular formula is C15H20N2O2S. The third kappa shape index (κ3) is 2.73. The SMILES string of the molecule is Cc1ccc(S(=O)(=O)N/N=C2\CC3CCC2CC3)cc1. The van der Waals surface area contributed by atoms with Crippen molar-refractivity contribution in [2.45, 2.75) is 43.9 Å². The molecule has 3 aliphatic carbocycles. The number of aryl methyl sites for hydroxylation is 1. The molecule has 0 unspecified atom stereocenters. The van der Waals surface area contributed by atoms with Crippen LogP contribution in [0.15, 0.2) is 34.3 Å². The van der Waals surface area contributed by atoms with Crippen LogP contribution in [0.5, 0.6) is 0 Å². The fraction of sp³-hybridized carbons (Fsp3) is 0.533. The highest BCUT2D eigenvalue weighted by Crippen LogP contribution is 2.39. The van der Waals surface area contributed by atoms with Crippen LogP contribution < -0.4 is 4.83 Å². The summed E-state index contributed by atoms with van der Waals surface area (Å²) in [6.45, 7) is 1.93. The monoisotopic (exact) mass is 292 g/mol. The van der Waals surface area contributed by atoms with Crippen molar-refractivity contribution in [3.05, 3.63) is 29.8 Å². The van der Waals surface area contributed by atoms with Crippen LogP contribution in [0.3, 0.4) is 0 Å². The van der Waals surface area contributed by atoms with Crippen LogP contribution in [0, 0.1) is 18.8 Å². The molecule has 2 bridgehead atoms. The number of fused-ring (bicyclic) bond motifs is 3. The van der Waals surface area contributed by atoms with Crippen molar-refractivity contribution >= 4 is 15.7 Å². The van der Waals surface area contributed by atoms with Crippen LogP contribution in [0.4, 0.5) is 0 Å². The molecule has 0 radical (unpaired) electrons. The van der Waals surface area contributed by atoms with Crippen LogP contribution in [0.25, 0.3) is 0 Å². The van der Waals surface area contributed by atoms with E-state index in [1.165, 1.54) is 12.8 Å². The van der Waals surface area contributed by atoms with E-state index in [-0.39, 0.29) is 4.90 Å². The minimum absolute atomic E-state index is 0.272. The van der Waals surface area contributed by atoms with Crippen LogP contribution in [0.2, 0.25) is 0 Å². The summed E-state index contributed by atoms with van der Waals surface area (Å²) in [5.74, 6) is 1.20. The fourth-order valence-corrected chi connectivity index (χ4v) is 4.03. The third-order valence-electron chi connectivity index (χ3n) is 4.46. The summed E-state index contributed by atoms with van der Waals surface area (Å²) in [4.78, 5) is 2.68. The molecule has 1 aromatic rings. The number of sulfonamides is 1. The molecular weight excluding hydrogens is 272 g/mol. The Morgan fingerprint density at radius 2 is 1.75 bits per heavy atom. The summed E-state index contributed by atoms with van der Waals surface area (Å²) >= 11 is 0. The van der Waals surface area contributed by atoms with Gasteiger partial charge in [-0.15, -0.1) is 0 Å². The quantitative estimate of drug-likeness (QED) is 0.871. The Bertz CT molecular complexity index is 612. The minimum Gasteiger partial charge on any atom is -0.200 e. The lowest BCUT2D eigenvalue weighted by molar-refractivity contribution is 0.287. The number of nitrogens with one attached hydrogen (secondary N) is 1. The van der Waals surface area contributed by atoms with E-state index in [9.17, 15) is 8.42 Å². The smallest absolute Gasteiger partial charge is 0.200 e. The molecule has 0 spiro atoms. The van der Waals surface area contributed by atoms with Crippen molar-refractivity contribution in [1.29, 1.82) is 0 Å². The fourth-order valence-electron chi connectivity index (χ4n) is 3.19. The maximum atomic E-state index is 12.2. The lowest BCUT2D eigenvalue weighted by Crippen LogP contribution is -2.33. The second-order valence-corrected chi connectivity index (χ2v) is 7.59. The van der Waals surface area contributed by atoms with Crippen LogP contribution >= 0.6 is 0 Å². The van der Waals surface area contributed by atoms with Crippen molar-refractivity contribution in [2.24, 2.45) is 16.9 Å². The van der Waals surface area contributed by atoms with E-state index in [4.69, 9.17) is 0 Å². The number of nitrogens with zero attached hydrogens (tertiary/aromatic N) is 1. The van der Waals surface area contributed by atoms with Gasteiger partial charge in [0.15, 0.2) is 0 Å². The summed E-state index contributed by atoms with van der Waals surface area (Å²) < 4.78 is 24.3. The van der Waals surface area contributed by atoms with Crippen molar-refractivity contribution in [1.82, 2.24) is 4.83 Å². The van der Waals surface area contributed by atoms with Gasteiger partial charge in [0.2, 0.25) is 0 Å². The minimum atomic E-state index is -3.53. The predicted molar refractivity (Wildman–Crippen MR) is 79.0 cm³/mol. The molecule has 4 rings (SSSR count). The molecule has 3 fully saturated rings. The molecule has 0 aromatic heterocycles. The number of hydrazone groups is 1. The Morgan fingerprint density at radius 1 is 1.10 bits per heavy atom. The zero-order valence-electron chi connectivity index (χ0n) is 11.7. The largest absolute Gasteiger partial charge is 0.276 e. The summed E-state index contributed by atoms with van der Waals surface area (Å²) in [5, 5.41) is 4.22. The van der Waals surface area contributed by atoms with E-state index < -0.39 is 10.0 Å². The molecule has 20 heavy (non-hydrogen) atoms. The van der Waals surface area contributed by atoms with Gasteiger partial charge in [-0.2, -0.15) is 13.5 Å². The normalized spacial score (nSPS) is 27.8. The highest BCUT2D eigenvalue weighted by molar-refractivity contribution is 7.89. The number of benzene rings is 1. The first-order valence-corrected chi connectivity index (χ1v) is 8.68. The average Bonchev–Trinajstić information content (AvgIpc) is 2.47. The van der Waals surface area contributed by atoms with E-state index in [0.29, 0.717) is 11.8 Å². The van der Waals surface area contributed by atoms with Crippen LogP contribution in [0.1, 0.15) is 37.7 Å². The number of rotatable bonds is 3. The van der Waals surface area contributed by atoms with Gasteiger partial charge < -0.3 is 0 Å².